The molecule has 1 amide bonds. The van der Waals surface area contributed by atoms with Crippen LogP contribution in [0.5, 0.6) is 0 Å². The highest BCUT2D eigenvalue weighted by atomic mass is 35.5. The number of nitrogens with zero attached hydrogens (tertiary/aromatic N) is 4. The van der Waals surface area contributed by atoms with Crippen molar-refractivity contribution in [3.8, 4) is 5.69 Å². The number of carbonyl (C=O) groups is 1. The fourth-order valence-electron chi connectivity index (χ4n) is 3.12. The predicted molar refractivity (Wildman–Crippen MR) is 119 cm³/mol. The minimum absolute atomic E-state index is 0.213. The number of halogens is 2. The summed E-state index contributed by atoms with van der Waals surface area (Å²) in [6.07, 6.45) is 5.26. The van der Waals surface area contributed by atoms with Gasteiger partial charge in [0.15, 0.2) is 0 Å². The van der Waals surface area contributed by atoms with Gasteiger partial charge in [-0.3, -0.25) is 14.3 Å². The molecule has 0 fully saturated rings. The fourth-order valence-corrected chi connectivity index (χ4v) is 3.24. The lowest BCUT2D eigenvalue weighted by Gasteiger charge is -2.17. The summed E-state index contributed by atoms with van der Waals surface area (Å²) in [6.45, 7) is 0.488. The first-order valence-electron chi connectivity index (χ1n) is 9.52. The van der Waals surface area contributed by atoms with Crippen LogP contribution in [-0.2, 0) is 6.54 Å². The molecule has 6 nitrogen and oxygen atoms in total. The number of hydrogen-bond acceptors (Lipinski definition) is 4. The molecule has 2 aromatic heterocycles. The second-order valence-electron chi connectivity index (χ2n) is 6.92. The summed E-state index contributed by atoms with van der Waals surface area (Å²) in [7, 11) is 1.94. The van der Waals surface area contributed by atoms with Gasteiger partial charge in [0.1, 0.15) is 5.82 Å². The normalized spacial score (nSPS) is 10.7. The third-order valence-corrected chi connectivity index (χ3v) is 4.92. The first kappa shape index (κ1) is 20.6. The van der Waals surface area contributed by atoms with E-state index in [1.165, 1.54) is 24.3 Å². The highest BCUT2D eigenvalue weighted by Gasteiger charge is 2.18. The van der Waals surface area contributed by atoms with Crippen LogP contribution >= 0.6 is 11.6 Å². The Morgan fingerprint density at radius 1 is 1.06 bits per heavy atom. The van der Waals surface area contributed by atoms with Crippen molar-refractivity contribution in [3.63, 3.8) is 0 Å². The Kier molecular flexibility index (Phi) is 5.95. The van der Waals surface area contributed by atoms with Gasteiger partial charge in [0.05, 0.1) is 12.2 Å². The van der Waals surface area contributed by atoms with Crippen LogP contribution in [0.3, 0.4) is 0 Å². The zero-order valence-corrected chi connectivity index (χ0v) is 17.4. The second-order valence-corrected chi connectivity index (χ2v) is 7.36. The smallest absolute Gasteiger partial charge is 0.292 e. The number of nitrogens with one attached hydrogen (secondary N) is 1. The van der Waals surface area contributed by atoms with Crippen molar-refractivity contribution in [2.45, 2.75) is 6.54 Å². The van der Waals surface area contributed by atoms with Gasteiger partial charge in [-0.25, -0.2) is 9.37 Å². The van der Waals surface area contributed by atoms with Crippen LogP contribution in [0.4, 0.5) is 15.8 Å². The molecule has 0 unspecified atom stereocenters. The van der Waals surface area contributed by atoms with Gasteiger partial charge < -0.3 is 10.2 Å². The molecule has 4 aromatic rings. The van der Waals surface area contributed by atoms with Crippen LogP contribution < -0.4 is 10.2 Å². The minimum atomic E-state index is -0.403. The zero-order valence-electron chi connectivity index (χ0n) is 16.7. The molecule has 31 heavy (non-hydrogen) atoms. The van der Waals surface area contributed by atoms with E-state index in [4.69, 9.17) is 11.6 Å². The molecule has 4 rings (SSSR count). The number of anilines is 2. The number of imidazole rings is 1. The Labute approximate surface area is 183 Å². The second kappa shape index (κ2) is 8.97. The van der Waals surface area contributed by atoms with Crippen molar-refractivity contribution in [2.75, 3.05) is 17.3 Å². The number of amides is 1. The van der Waals surface area contributed by atoms with Crippen molar-refractivity contribution in [2.24, 2.45) is 0 Å². The van der Waals surface area contributed by atoms with Crippen molar-refractivity contribution >= 4 is 28.9 Å². The first-order chi connectivity index (χ1) is 15.0. The Bertz CT molecular complexity index is 1180. The first-order valence-corrected chi connectivity index (χ1v) is 9.90. The Hall–Kier alpha value is -3.71. The number of hydrogen-bond donors (Lipinski definition) is 1. The number of carbonyl (C=O) groups excluding carboxylic acids is 1. The highest BCUT2D eigenvalue weighted by molar-refractivity contribution is 6.30. The lowest BCUT2D eigenvalue weighted by atomic mass is 10.3. The lowest BCUT2D eigenvalue weighted by molar-refractivity contribution is 0.101. The van der Waals surface area contributed by atoms with Gasteiger partial charge in [-0.15, -0.1) is 0 Å². The van der Waals surface area contributed by atoms with Gasteiger partial charge in [-0.2, -0.15) is 0 Å². The third kappa shape index (κ3) is 4.90. The number of pyridine rings is 1. The molecule has 0 saturated heterocycles. The van der Waals surface area contributed by atoms with Gasteiger partial charge in [0.25, 0.3) is 5.91 Å². The van der Waals surface area contributed by atoms with Gasteiger partial charge in [0, 0.05) is 47.7 Å². The van der Waals surface area contributed by atoms with E-state index in [1.807, 2.05) is 42.4 Å². The van der Waals surface area contributed by atoms with E-state index < -0.39 is 5.91 Å². The lowest BCUT2D eigenvalue weighted by Crippen LogP contribution is -2.18. The van der Waals surface area contributed by atoms with Crippen LogP contribution in [0.15, 0.2) is 79.3 Å². The molecule has 0 spiro atoms. The summed E-state index contributed by atoms with van der Waals surface area (Å²) in [5.41, 5.74) is 2.92. The maximum absolute atomic E-state index is 13.2. The molecule has 0 bridgehead atoms. The van der Waals surface area contributed by atoms with Gasteiger partial charge in [-0.05, 0) is 60.7 Å². The Morgan fingerprint density at radius 3 is 2.42 bits per heavy atom. The molecule has 0 atom stereocenters. The monoisotopic (exact) mass is 435 g/mol. The van der Waals surface area contributed by atoms with Crippen molar-refractivity contribution in [1.29, 1.82) is 0 Å². The average Bonchev–Trinajstić information content (AvgIpc) is 3.20. The van der Waals surface area contributed by atoms with E-state index in [9.17, 15) is 9.18 Å². The maximum atomic E-state index is 13.2. The average molecular weight is 436 g/mol. The van der Waals surface area contributed by atoms with E-state index >= 15 is 0 Å². The number of aromatic nitrogens is 3. The van der Waals surface area contributed by atoms with E-state index in [1.54, 1.807) is 29.1 Å². The molecule has 2 heterocycles. The van der Waals surface area contributed by atoms with E-state index in [2.05, 4.69) is 15.3 Å². The molecule has 156 valence electrons. The number of benzene rings is 2. The highest BCUT2D eigenvalue weighted by Crippen LogP contribution is 2.20. The van der Waals surface area contributed by atoms with Crippen LogP contribution in [0.1, 0.15) is 16.3 Å². The topological polar surface area (TPSA) is 63.1 Å². The van der Waals surface area contributed by atoms with Crippen molar-refractivity contribution in [1.82, 2.24) is 14.5 Å². The van der Waals surface area contributed by atoms with Crippen LogP contribution in [-0.4, -0.2) is 27.5 Å². The summed E-state index contributed by atoms with van der Waals surface area (Å²) in [6, 6.07) is 16.5. The standard InChI is InChI=1S/C23H19ClFN5O/c1-29(20-10-12-26-13-11-20)14-19-15-30(21-8-2-16(24)3-9-21)22(27-19)23(31)28-18-6-4-17(25)5-7-18/h2-13,15H,14H2,1H3,(H,28,31). The SMILES string of the molecule is CN(Cc1cn(-c2ccc(Cl)cc2)c(C(=O)Nc2ccc(F)cc2)n1)c1ccncc1. The van der Waals surface area contributed by atoms with Crippen LogP contribution in [0.25, 0.3) is 5.69 Å². The van der Waals surface area contributed by atoms with E-state index in [0.29, 0.717) is 22.9 Å². The molecule has 0 radical (unpaired) electrons. The van der Waals surface area contributed by atoms with E-state index in [-0.39, 0.29) is 11.6 Å². The fraction of sp³-hybridized carbons (Fsp3) is 0.0870. The molecule has 0 saturated carbocycles. The minimum Gasteiger partial charge on any atom is -0.369 e. The number of rotatable bonds is 6. The summed E-state index contributed by atoms with van der Waals surface area (Å²) in [5.74, 6) is -0.564. The van der Waals surface area contributed by atoms with Gasteiger partial charge >= 0.3 is 0 Å². The molecule has 8 heteroatoms. The maximum Gasteiger partial charge on any atom is 0.292 e. The third-order valence-electron chi connectivity index (χ3n) is 4.67. The molecule has 2 aromatic carbocycles. The molecule has 0 aliphatic heterocycles. The molecular weight excluding hydrogens is 417 g/mol. The van der Waals surface area contributed by atoms with E-state index in [0.717, 1.165) is 11.4 Å². The summed E-state index contributed by atoms with van der Waals surface area (Å²) >= 11 is 6.02. The molecule has 1 N–H and O–H groups in total. The largest absolute Gasteiger partial charge is 0.369 e. The van der Waals surface area contributed by atoms with Crippen molar-refractivity contribution in [3.05, 3.63) is 102 Å². The molecular formula is C23H19ClFN5O. The van der Waals surface area contributed by atoms with Gasteiger partial charge in [0.2, 0.25) is 5.82 Å². The van der Waals surface area contributed by atoms with Crippen LogP contribution in [0.2, 0.25) is 5.02 Å². The molecule has 0 aliphatic rings. The van der Waals surface area contributed by atoms with Crippen LogP contribution in [0, 0.1) is 5.82 Å². The Morgan fingerprint density at radius 2 is 1.74 bits per heavy atom. The summed E-state index contributed by atoms with van der Waals surface area (Å²) in [4.78, 5) is 23.6. The van der Waals surface area contributed by atoms with Crippen molar-refractivity contribution < 1.29 is 9.18 Å². The van der Waals surface area contributed by atoms with Gasteiger partial charge in [-0.1, -0.05) is 11.6 Å². The zero-order chi connectivity index (χ0) is 21.8. The summed E-state index contributed by atoms with van der Waals surface area (Å²) < 4.78 is 14.9. The predicted octanol–water partition coefficient (Wildman–Crippen LogP) is 4.95. The molecule has 0 aliphatic carbocycles. The quantitative estimate of drug-likeness (QED) is 0.465. The summed E-state index contributed by atoms with van der Waals surface area (Å²) in [5, 5.41) is 3.36. The Balaban J connectivity index is 1.65.